The number of rotatable bonds is 5. The molecule has 3 heterocycles. The molecule has 176 valence electrons. The van der Waals surface area contributed by atoms with Crippen molar-refractivity contribution in [1.29, 1.82) is 0 Å². The lowest BCUT2D eigenvalue weighted by Gasteiger charge is -2.33. The Morgan fingerprint density at radius 1 is 1.24 bits per heavy atom. The fraction of sp³-hybridized carbons (Fsp3) is 0.458. The molecular weight excluding hydrogens is 422 g/mol. The Bertz CT molecular complexity index is 1050. The molecule has 0 radical (unpaired) electrons. The predicted octanol–water partition coefficient (Wildman–Crippen LogP) is 3.47. The Morgan fingerprint density at radius 3 is 2.82 bits per heavy atom. The maximum Gasteiger partial charge on any atom is 0.408 e. The first-order valence-electron chi connectivity index (χ1n) is 11.2. The number of alkyl carbamates (subject to hydrolysis) is 1. The molecule has 0 spiro atoms. The van der Waals surface area contributed by atoms with E-state index in [2.05, 4.69) is 21.3 Å². The minimum Gasteiger partial charge on any atom is -0.444 e. The first-order chi connectivity index (χ1) is 15.7. The van der Waals surface area contributed by atoms with E-state index >= 15 is 0 Å². The molecule has 1 aromatic heterocycles. The molecule has 2 aromatic rings. The minimum atomic E-state index is -0.583. The van der Waals surface area contributed by atoms with E-state index in [1.54, 1.807) is 0 Å². The van der Waals surface area contributed by atoms with E-state index in [0.29, 0.717) is 43.4 Å². The third-order valence-electron chi connectivity index (χ3n) is 5.44. The van der Waals surface area contributed by atoms with Crippen LogP contribution in [-0.2, 0) is 16.0 Å². The van der Waals surface area contributed by atoms with Crippen molar-refractivity contribution in [2.45, 2.75) is 58.3 Å². The first kappa shape index (κ1) is 22.8. The van der Waals surface area contributed by atoms with E-state index in [1.807, 2.05) is 58.0 Å². The fourth-order valence-corrected chi connectivity index (χ4v) is 3.98. The normalized spacial score (nSPS) is 19.9. The van der Waals surface area contributed by atoms with Crippen LogP contribution < -0.4 is 21.3 Å². The van der Waals surface area contributed by atoms with Gasteiger partial charge in [0.1, 0.15) is 17.2 Å². The average Bonchev–Trinajstić information content (AvgIpc) is 3.09. The summed E-state index contributed by atoms with van der Waals surface area (Å²) < 4.78 is 11.0. The molecule has 4 N–H and O–H groups in total. The third-order valence-corrected chi connectivity index (χ3v) is 5.44. The van der Waals surface area contributed by atoms with Crippen molar-refractivity contribution < 1.29 is 19.1 Å². The maximum atomic E-state index is 12.4. The van der Waals surface area contributed by atoms with Gasteiger partial charge >= 0.3 is 6.09 Å². The Kier molecular flexibility index (Phi) is 6.42. The van der Waals surface area contributed by atoms with E-state index in [1.165, 1.54) is 0 Å². The number of aryl methyl sites for hydroxylation is 1. The molecule has 2 aliphatic heterocycles. The SMILES string of the molecule is Cc1cccc(Nc2nc(NC3CCOCC3NC(=O)OC(C)(C)C)cc3c2C(=O)NC3)c1. The monoisotopic (exact) mass is 453 g/mol. The van der Waals surface area contributed by atoms with Crippen molar-refractivity contribution in [3.63, 3.8) is 0 Å². The average molecular weight is 454 g/mol. The van der Waals surface area contributed by atoms with Crippen molar-refractivity contribution >= 4 is 29.3 Å². The largest absolute Gasteiger partial charge is 0.444 e. The zero-order chi connectivity index (χ0) is 23.6. The van der Waals surface area contributed by atoms with E-state index in [-0.39, 0.29) is 18.0 Å². The van der Waals surface area contributed by atoms with Gasteiger partial charge in [0.15, 0.2) is 0 Å². The van der Waals surface area contributed by atoms with Gasteiger partial charge in [-0.05, 0) is 63.4 Å². The molecule has 0 saturated carbocycles. The molecule has 33 heavy (non-hydrogen) atoms. The highest BCUT2D eigenvalue weighted by Gasteiger charge is 2.31. The van der Waals surface area contributed by atoms with Gasteiger partial charge in [-0.15, -0.1) is 0 Å². The lowest BCUT2D eigenvalue weighted by atomic mass is 10.0. The van der Waals surface area contributed by atoms with E-state index < -0.39 is 11.7 Å². The summed E-state index contributed by atoms with van der Waals surface area (Å²) in [4.78, 5) is 29.5. The van der Waals surface area contributed by atoms with Crippen LogP contribution in [0, 0.1) is 6.92 Å². The van der Waals surface area contributed by atoms with Gasteiger partial charge in [0, 0.05) is 18.8 Å². The first-order valence-corrected chi connectivity index (χ1v) is 11.2. The summed E-state index contributed by atoms with van der Waals surface area (Å²) in [6, 6.07) is 9.40. The number of ether oxygens (including phenoxy) is 2. The zero-order valence-electron chi connectivity index (χ0n) is 19.5. The van der Waals surface area contributed by atoms with Crippen molar-refractivity contribution in [2.24, 2.45) is 0 Å². The molecule has 0 bridgehead atoms. The van der Waals surface area contributed by atoms with Gasteiger partial charge in [0.2, 0.25) is 0 Å². The maximum absolute atomic E-state index is 12.4. The third kappa shape index (κ3) is 5.73. The quantitative estimate of drug-likeness (QED) is 0.548. The number of benzene rings is 1. The summed E-state index contributed by atoms with van der Waals surface area (Å²) in [5.41, 5.74) is 2.81. The molecule has 2 aliphatic rings. The second kappa shape index (κ2) is 9.27. The molecule has 2 unspecified atom stereocenters. The van der Waals surface area contributed by atoms with Crippen molar-refractivity contribution in [1.82, 2.24) is 15.6 Å². The van der Waals surface area contributed by atoms with Crippen LogP contribution in [0.25, 0.3) is 0 Å². The topological polar surface area (TPSA) is 114 Å². The minimum absolute atomic E-state index is 0.103. The van der Waals surface area contributed by atoms with E-state index in [0.717, 1.165) is 16.8 Å². The van der Waals surface area contributed by atoms with Gasteiger partial charge in [0.25, 0.3) is 5.91 Å². The standard InChI is InChI=1S/C24H31N5O4/c1-14-6-5-7-16(10-14)26-21-20-15(12-25-22(20)30)11-19(29-21)27-17-8-9-32-13-18(17)28-23(31)33-24(2,3)4/h5-7,10-11,17-18H,8-9,12-13H2,1-4H3,(H,25,30)(H,28,31)(H2,26,27,29). The second-order valence-corrected chi connectivity index (χ2v) is 9.43. The van der Waals surface area contributed by atoms with Gasteiger partial charge in [-0.25, -0.2) is 9.78 Å². The number of pyridine rings is 1. The van der Waals surface area contributed by atoms with E-state index in [4.69, 9.17) is 14.5 Å². The highest BCUT2D eigenvalue weighted by atomic mass is 16.6. The van der Waals surface area contributed by atoms with Gasteiger partial charge in [-0.1, -0.05) is 12.1 Å². The summed E-state index contributed by atoms with van der Waals surface area (Å²) in [5, 5.41) is 12.5. The van der Waals surface area contributed by atoms with Crippen LogP contribution in [0.1, 0.15) is 48.7 Å². The second-order valence-electron chi connectivity index (χ2n) is 9.43. The van der Waals surface area contributed by atoms with Gasteiger partial charge in [0.05, 0.1) is 24.3 Å². The Morgan fingerprint density at radius 2 is 2.06 bits per heavy atom. The number of carbonyl (C=O) groups is 2. The number of hydrogen-bond donors (Lipinski definition) is 4. The lowest BCUT2D eigenvalue weighted by molar-refractivity contribution is 0.0317. The lowest BCUT2D eigenvalue weighted by Crippen LogP contribution is -2.53. The van der Waals surface area contributed by atoms with E-state index in [9.17, 15) is 9.59 Å². The number of carbonyl (C=O) groups excluding carboxylic acids is 2. The van der Waals surface area contributed by atoms with Crippen molar-refractivity contribution in [3.8, 4) is 0 Å². The number of amides is 2. The zero-order valence-corrected chi connectivity index (χ0v) is 19.5. The van der Waals surface area contributed by atoms with Crippen LogP contribution in [0.4, 0.5) is 22.1 Å². The fourth-order valence-electron chi connectivity index (χ4n) is 3.98. The summed E-state index contributed by atoms with van der Waals surface area (Å²) >= 11 is 0. The van der Waals surface area contributed by atoms with Gasteiger partial charge in [-0.2, -0.15) is 0 Å². The Labute approximate surface area is 193 Å². The summed E-state index contributed by atoms with van der Waals surface area (Å²) in [6.45, 7) is 8.88. The molecule has 1 saturated heterocycles. The van der Waals surface area contributed by atoms with Crippen molar-refractivity contribution in [2.75, 3.05) is 23.8 Å². The molecule has 9 nitrogen and oxygen atoms in total. The predicted molar refractivity (Wildman–Crippen MR) is 126 cm³/mol. The molecule has 1 fully saturated rings. The molecule has 0 aliphatic carbocycles. The highest BCUT2D eigenvalue weighted by molar-refractivity contribution is 6.03. The van der Waals surface area contributed by atoms with Crippen LogP contribution in [0.5, 0.6) is 0 Å². The molecule has 2 atom stereocenters. The van der Waals surface area contributed by atoms with Crippen LogP contribution in [0.2, 0.25) is 0 Å². The van der Waals surface area contributed by atoms with Gasteiger partial charge < -0.3 is 30.7 Å². The van der Waals surface area contributed by atoms with Crippen LogP contribution >= 0.6 is 0 Å². The highest BCUT2D eigenvalue weighted by Crippen LogP contribution is 2.29. The van der Waals surface area contributed by atoms with Crippen LogP contribution in [-0.4, -0.2) is 47.9 Å². The Balaban J connectivity index is 1.55. The number of hydrogen-bond acceptors (Lipinski definition) is 7. The van der Waals surface area contributed by atoms with Crippen LogP contribution in [0.15, 0.2) is 30.3 Å². The van der Waals surface area contributed by atoms with Crippen molar-refractivity contribution in [3.05, 3.63) is 47.0 Å². The van der Waals surface area contributed by atoms with Gasteiger partial charge in [-0.3, -0.25) is 4.79 Å². The molecule has 4 rings (SSSR count). The number of fused-ring (bicyclic) bond motifs is 1. The number of nitrogens with one attached hydrogen (secondary N) is 4. The molecule has 1 aromatic carbocycles. The number of nitrogens with zero attached hydrogens (tertiary/aromatic N) is 1. The summed E-state index contributed by atoms with van der Waals surface area (Å²) in [7, 11) is 0. The summed E-state index contributed by atoms with van der Waals surface area (Å²) in [5.74, 6) is 0.984. The molecule has 2 amide bonds. The molecular formula is C24H31N5O4. The Hall–Kier alpha value is -3.33. The molecule has 9 heteroatoms. The number of aromatic nitrogens is 1. The summed E-state index contributed by atoms with van der Waals surface area (Å²) in [6.07, 6.45) is 0.208. The smallest absolute Gasteiger partial charge is 0.408 e. The van der Waals surface area contributed by atoms with Crippen LogP contribution in [0.3, 0.4) is 0 Å². The number of anilines is 3.